The predicted octanol–water partition coefficient (Wildman–Crippen LogP) is 2.75. The minimum Gasteiger partial charge on any atom is -0.486 e. The molecule has 0 bridgehead atoms. The topological polar surface area (TPSA) is 66.2 Å². The third-order valence-electron chi connectivity index (χ3n) is 4.27. The zero-order chi connectivity index (χ0) is 16.4. The number of nitrogens with zero attached hydrogens (tertiary/aromatic N) is 3. The first kappa shape index (κ1) is 15.5. The van der Waals surface area contributed by atoms with Crippen LogP contribution in [-0.4, -0.2) is 39.5 Å². The number of carbonyl (C=O) groups is 1. The van der Waals surface area contributed by atoms with Gasteiger partial charge < -0.3 is 14.0 Å². The summed E-state index contributed by atoms with van der Waals surface area (Å²) >= 11 is 1.46. The molecule has 0 saturated heterocycles. The number of thioether (sulfide) groups is 1. The number of fused-ring (bicyclic) bond motifs is 2. The van der Waals surface area contributed by atoms with Crippen LogP contribution in [-0.2, 0) is 13.0 Å². The van der Waals surface area contributed by atoms with Gasteiger partial charge in [0.25, 0.3) is 0 Å². The molecule has 0 radical (unpaired) electrons. The van der Waals surface area contributed by atoms with Gasteiger partial charge in [0.1, 0.15) is 19.0 Å². The average Bonchev–Trinajstić information content (AvgIpc) is 2.85. The van der Waals surface area contributed by atoms with Crippen molar-refractivity contribution < 1.29 is 14.3 Å². The fraction of sp³-hybridized carbons (Fsp3) is 0.471. The molecule has 0 fully saturated rings. The normalized spacial score (nSPS) is 16.3. The lowest BCUT2D eigenvalue weighted by Gasteiger charge is -2.18. The van der Waals surface area contributed by atoms with E-state index in [0.717, 1.165) is 30.4 Å². The van der Waals surface area contributed by atoms with E-state index in [-0.39, 0.29) is 5.78 Å². The molecule has 126 valence electrons. The monoisotopic (exact) mass is 345 g/mol. The summed E-state index contributed by atoms with van der Waals surface area (Å²) in [6.45, 7) is 2.02. The highest BCUT2D eigenvalue weighted by Crippen LogP contribution is 2.31. The second-order valence-electron chi connectivity index (χ2n) is 5.93. The highest BCUT2D eigenvalue weighted by molar-refractivity contribution is 7.99. The Labute approximate surface area is 144 Å². The Balaban J connectivity index is 1.44. The molecule has 0 unspecified atom stereocenters. The zero-order valence-electron chi connectivity index (χ0n) is 13.4. The summed E-state index contributed by atoms with van der Waals surface area (Å²) in [5.74, 6) is 2.80. The predicted molar refractivity (Wildman–Crippen MR) is 90.1 cm³/mol. The largest absolute Gasteiger partial charge is 0.486 e. The van der Waals surface area contributed by atoms with Gasteiger partial charge in [0.2, 0.25) is 0 Å². The molecule has 6 nitrogen and oxygen atoms in total. The number of aromatic nitrogens is 3. The number of ketones is 1. The molecule has 1 aromatic carbocycles. The van der Waals surface area contributed by atoms with Crippen LogP contribution in [0.1, 0.15) is 35.4 Å². The molecule has 1 aromatic heterocycles. The van der Waals surface area contributed by atoms with E-state index in [0.29, 0.717) is 36.0 Å². The third kappa shape index (κ3) is 3.13. The Morgan fingerprint density at radius 1 is 1.12 bits per heavy atom. The van der Waals surface area contributed by atoms with Crippen molar-refractivity contribution in [2.45, 2.75) is 37.4 Å². The highest BCUT2D eigenvalue weighted by atomic mass is 32.2. The minimum absolute atomic E-state index is 0.0583. The summed E-state index contributed by atoms with van der Waals surface area (Å²) in [6.07, 6.45) is 4.51. The maximum Gasteiger partial charge on any atom is 0.191 e. The van der Waals surface area contributed by atoms with Crippen molar-refractivity contribution in [3.05, 3.63) is 29.6 Å². The van der Waals surface area contributed by atoms with Crippen molar-refractivity contribution in [2.24, 2.45) is 0 Å². The molecule has 24 heavy (non-hydrogen) atoms. The summed E-state index contributed by atoms with van der Waals surface area (Å²) < 4.78 is 13.2. The van der Waals surface area contributed by atoms with Gasteiger partial charge in [0, 0.05) is 18.5 Å². The number of ether oxygens (including phenoxy) is 2. The molecule has 0 saturated carbocycles. The van der Waals surface area contributed by atoms with Gasteiger partial charge in [-0.15, -0.1) is 10.2 Å². The van der Waals surface area contributed by atoms with Crippen LogP contribution < -0.4 is 9.47 Å². The lowest BCUT2D eigenvalue weighted by Crippen LogP contribution is -2.16. The first-order valence-corrected chi connectivity index (χ1v) is 9.27. The molecular formula is C17H19N3O3S. The molecule has 0 spiro atoms. The van der Waals surface area contributed by atoms with Gasteiger partial charge in [-0.2, -0.15) is 0 Å². The smallest absolute Gasteiger partial charge is 0.191 e. The van der Waals surface area contributed by atoms with Crippen LogP contribution in [0.5, 0.6) is 11.5 Å². The molecular weight excluding hydrogens is 326 g/mol. The second-order valence-corrected chi connectivity index (χ2v) is 6.87. The number of rotatable bonds is 4. The van der Waals surface area contributed by atoms with Gasteiger partial charge in [-0.25, -0.2) is 0 Å². The molecule has 0 N–H and O–H groups in total. The number of carbonyl (C=O) groups excluding carboxylic acids is 1. The van der Waals surface area contributed by atoms with E-state index >= 15 is 0 Å². The van der Waals surface area contributed by atoms with Gasteiger partial charge in [-0.05, 0) is 31.0 Å². The second kappa shape index (κ2) is 6.84. The summed E-state index contributed by atoms with van der Waals surface area (Å²) in [7, 11) is 0. The van der Waals surface area contributed by atoms with Gasteiger partial charge in [-0.3, -0.25) is 4.79 Å². The molecule has 0 aliphatic carbocycles. The standard InChI is InChI=1S/C17H19N3O3S/c21-13(12-5-6-14-15(10-12)23-9-8-22-14)11-24-17-19-18-16-4-2-1-3-7-20(16)17/h5-6,10H,1-4,7-9,11H2. The van der Waals surface area contributed by atoms with Crippen molar-refractivity contribution in [1.82, 2.24) is 14.8 Å². The van der Waals surface area contributed by atoms with E-state index in [4.69, 9.17) is 9.47 Å². The van der Waals surface area contributed by atoms with E-state index in [1.807, 2.05) is 0 Å². The van der Waals surface area contributed by atoms with Gasteiger partial charge >= 0.3 is 0 Å². The Morgan fingerprint density at radius 2 is 2.00 bits per heavy atom. The van der Waals surface area contributed by atoms with Crippen LogP contribution in [0.15, 0.2) is 23.4 Å². The number of hydrogen-bond donors (Lipinski definition) is 0. The van der Waals surface area contributed by atoms with E-state index in [1.165, 1.54) is 24.6 Å². The van der Waals surface area contributed by atoms with E-state index in [1.54, 1.807) is 18.2 Å². The average molecular weight is 345 g/mol. The number of hydrogen-bond acceptors (Lipinski definition) is 6. The third-order valence-corrected chi connectivity index (χ3v) is 5.24. The van der Waals surface area contributed by atoms with Crippen molar-refractivity contribution in [2.75, 3.05) is 19.0 Å². The zero-order valence-corrected chi connectivity index (χ0v) is 14.2. The Hall–Kier alpha value is -2.02. The minimum atomic E-state index is 0.0583. The van der Waals surface area contributed by atoms with Crippen LogP contribution in [0.4, 0.5) is 0 Å². The van der Waals surface area contributed by atoms with Gasteiger partial charge in [-0.1, -0.05) is 18.2 Å². The maximum absolute atomic E-state index is 12.5. The first-order chi connectivity index (χ1) is 11.8. The van der Waals surface area contributed by atoms with Crippen LogP contribution in [0.3, 0.4) is 0 Å². The summed E-state index contributed by atoms with van der Waals surface area (Å²) in [5.41, 5.74) is 0.641. The Morgan fingerprint density at radius 3 is 2.92 bits per heavy atom. The number of benzene rings is 1. The fourth-order valence-electron chi connectivity index (χ4n) is 3.00. The van der Waals surface area contributed by atoms with Crippen LogP contribution in [0.2, 0.25) is 0 Å². The van der Waals surface area contributed by atoms with E-state index < -0.39 is 0 Å². The number of aryl methyl sites for hydroxylation is 1. The van der Waals surface area contributed by atoms with Crippen LogP contribution >= 0.6 is 11.8 Å². The lowest BCUT2D eigenvalue weighted by atomic mass is 10.1. The highest BCUT2D eigenvalue weighted by Gasteiger charge is 2.18. The van der Waals surface area contributed by atoms with E-state index in [2.05, 4.69) is 14.8 Å². The first-order valence-electron chi connectivity index (χ1n) is 8.29. The van der Waals surface area contributed by atoms with Gasteiger partial charge in [0.05, 0.1) is 5.75 Å². The van der Waals surface area contributed by atoms with Crippen molar-refractivity contribution in [3.63, 3.8) is 0 Å². The molecule has 3 heterocycles. The Kier molecular flexibility index (Phi) is 4.42. The molecule has 2 aliphatic heterocycles. The molecule has 0 atom stereocenters. The van der Waals surface area contributed by atoms with Crippen molar-refractivity contribution in [1.29, 1.82) is 0 Å². The molecule has 4 rings (SSSR count). The van der Waals surface area contributed by atoms with Crippen LogP contribution in [0, 0.1) is 0 Å². The maximum atomic E-state index is 12.5. The molecule has 7 heteroatoms. The van der Waals surface area contributed by atoms with Crippen molar-refractivity contribution >= 4 is 17.5 Å². The number of Topliss-reactive ketones (excluding diaryl/α,β-unsaturated/α-hetero) is 1. The summed E-state index contributed by atoms with van der Waals surface area (Å²) in [4.78, 5) is 12.5. The summed E-state index contributed by atoms with van der Waals surface area (Å²) in [6, 6.07) is 5.36. The fourth-order valence-corrected chi connectivity index (χ4v) is 3.87. The Bertz CT molecular complexity index is 760. The summed E-state index contributed by atoms with van der Waals surface area (Å²) in [5, 5.41) is 9.37. The lowest BCUT2D eigenvalue weighted by molar-refractivity contribution is 0.102. The van der Waals surface area contributed by atoms with E-state index in [9.17, 15) is 4.79 Å². The molecule has 2 aromatic rings. The SMILES string of the molecule is O=C(CSc1nnc2n1CCCCC2)c1ccc2c(c1)OCCO2. The molecule has 0 amide bonds. The van der Waals surface area contributed by atoms with Crippen molar-refractivity contribution in [3.8, 4) is 11.5 Å². The molecule has 2 aliphatic rings. The van der Waals surface area contributed by atoms with Gasteiger partial charge in [0.15, 0.2) is 22.4 Å². The quantitative estimate of drug-likeness (QED) is 0.627. The van der Waals surface area contributed by atoms with Crippen LogP contribution in [0.25, 0.3) is 0 Å².